The highest BCUT2D eigenvalue weighted by Gasteiger charge is 2.32. The lowest BCUT2D eigenvalue weighted by Crippen LogP contribution is -2.28. The molecule has 0 aromatic carbocycles. The molecule has 0 spiro atoms. The number of aliphatic hydroxyl groups is 1. The number of hydrogen-bond donors (Lipinski definition) is 1. The van der Waals surface area contributed by atoms with Crippen molar-refractivity contribution >= 4 is 0 Å². The molecule has 0 bridgehead atoms. The molecule has 78 valence electrons. The largest absolute Gasteiger partial charge is 0.395 e. The summed E-state index contributed by atoms with van der Waals surface area (Å²) >= 11 is 0. The fourth-order valence-corrected chi connectivity index (χ4v) is 1.74. The fraction of sp³-hybridized carbons (Fsp3) is 1.00. The molecule has 1 aliphatic rings. The number of β-amino-alcohol motifs (C(OH)–C–C–N with tert-alkyl or cyclic N) is 1. The van der Waals surface area contributed by atoms with Gasteiger partial charge in [0.1, 0.15) is 0 Å². The summed E-state index contributed by atoms with van der Waals surface area (Å²) in [5.74, 6) is 0. The van der Waals surface area contributed by atoms with E-state index in [1.54, 1.807) is 7.11 Å². The molecule has 0 saturated carbocycles. The van der Waals surface area contributed by atoms with Crippen molar-refractivity contribution in [2.45, 2.75) is 19.1 Å². The molecule has 1 N–H and O–H groups in total. The average Bonchev–Trinajstić information content (AvgIpc) is 2.49. The minimum Gasteiger partial charge on any atom is -0.395 e. The monoisotopic (exact) mass is 189 g/mol. The van der Waals surface area contributed by atoms with Gasteiger partial charge in [-0.15, -0.1) is 0 Å². The highest BCUT2D eigenvalue weighted by atomic mass is 16.5. The van der Waals surface area contributed by atoms with Gasteiger partial charge in [-0.05, 0) is 6.92 Å². The minimum absolute atomic E-state index is 0.159. The molecule has 1 heterocycles. The van der Waals surface area contributed by atoms with E-state index in [0.29, 0.717) is 6.54 Å². The Morgan fingerprint density at radius 2 is 2.08 bits per heavy atom. The smallest absolute Gasteiger partial charge is 0.0975 e. The van der Waals surface area contributed by atoms with Crippen LogP contribution in [0.3, 0.4) is 0 Å². The van der Waals surface area contributed by atoms with Gasteiger partial charge in [0, 0.05) is 33.4 Å². The van der Waals surface area contributed by atoms with Crippen LogP contribution in [0, 0.1) is 0 Å². The van der Waals surface area contributed by atoms with E-state index in [4.69, 9.17) is 14.6 Å². The zero-order chi connectivity index (χ0) is 9.68. The van der Waals surface area contributed by atoms with Crippen LogP contribution >= 0.6 is 0 Å². The molecular formula is C9H19NO3. The summed E-state index contributed by atoms with van der Waals surface area (Å²) in [5.41, 5.74) is 0. The maximum Gasteiger partial charge on any atom is 0.0975 e. The summed E-state index contributed by atoms with van der Waals surface area (Å²) < 4.78 is 10.8. The normalized spacial score (nSPS) is 29.8. The first-order chi connectivity index (χ1) is 6.31. The van der Waals surface area contributed by atoms with Crippen LogP contribution in [-0.2, 0) is 9.47 Å². The first-order valence-corrected chi connectivity index (χ1v) is 4.79. The Hall–Kier alpha value is -0.160. The lowest BCUT2D eigenvalue weighted by Gasteiger charge is -2.16. The molecule has 2 atom stereocenters. The maximum absolute atomic E-state index is 8.78. The van der Waals surface area contributed by atoms with Gasteiger partial charge in [0.25, 0.3) is 0 Å². The predicted molar refractivity (Wildman–Crippen MR) is 49.7 cm³/mol. The van der Waals surface area contributed by atoms with Crippen LogP contribution in [0.2, 0.25) is 0 Å². The number of likely N-dealkylation sites (tertiary alicyclic amines) is 1. The zero-order valence-corrected chi connectivity index (χ0v) is 8.40. The van der Waals surface area contributed by atoms with E-state index < -0.39 is 0 Å². The molecule has 4 nitrogen and oxygen atoms in total. The van der Waals surface area contributed by atoms with Crippen molar-refractivity contribution in [2.75, 3.05) is 40.0 Å². The van der Waals surface area contributed by atoms with E-state index in [1.807, 2.05) is 6.92 Å². The van der Waals surface area contributed by atoms with E-state index in [9.17, 15) is 0 Å². The summed E-state index contributed by atoms with van der Waals surface area (Å²) in [4.78, 5) is 2.16. The minimum atomic E-state index is 0.159. The number of ether oxygens (including phenoxy) is 2. The number of nitrogens with zero attached hydrogens (tertiary/aromatic N) is 1. The molecule has 0 amide bonds. The highest BCUT2D eigenvalue weighted by molar-refractivity contribution is 4.85. The Bertz CT molecular complexity index is 143. The molecule has 4 heteroatoms. The van der Waals surface area contributed by atoms with E-state index in [2.05, 4.69) is 4.90 Å². The lowest BCUT2D eigenvalue weighted by atomic mass is 10.2. The van der Waals surface area contributed by atoms with Gasteiger partial charge >= 0.3 is 0 Å². The molecule has 1 saturated heterocycles. The SMILES string of the molecule is CCO[C@@H]1CN(CCO)C[C@@H]1OC. The molecule has 1 aliphatic heterocycles. The quantitative estimate of drug-likeness (QED) is 0.645. The molecule has 1 rings (SSSR count). The number of methoxy groups -OCH3 is 1. The summed E-state index contributed by atoms with van der Waals surface area (Å²) in [6.45, 7) is 5.35. The molecule has 1 fully saturated rings. The van der Waals surface area contributed by atoms with Gasteiger partial charge in [-0.1, -0.05) is 0 Å². The van der Waals surface area contributed by atoms with Gasteiger partial charge in [-0.2, -0.15) is 0 Å². The summed E-state index contributed by atoms with van der Waals surface area (Å²) in [6.07, 6.45) is 0.327. The average molecular weight is 189 g/mol. The molecule has 0 unspecified atom stereocenters. The Kier molecular flexibility index (Phi) is 4.66. The summed E-state index contributed by atoms with van der Waals surface area (Å²) in [5, 5.41) is 8.78. The van der Waals surface area contributed by atoms with Gasteiger partial charge in [-0.3, -0.25) is 4.90 Å². The summed E-state index contributed by atoms with van der Waals surface area (Å²) in [7, 11) is 1.71. The van der Waals surface area contributed by atoms with E-state index in [-0.39, 0.29) is 18.8 Å². The van der Waals surface area contributed by atoms with Gasteiger partial charge in [0.15, 0.2) is 0 Å². The third kappa shape index (κ3) is 2.91. The molecule has 0 aliphatic carbocycles. The van der Waals surface area contributed by atoms with Crippen molar-refractivity contribution in [2.24, 2.45) is 0 Å². The second-order valence-corrected chi connectivity index (χ2v) is 3.25. The maximum atomic E-state index is 8.78. The molecule has 0 radical (unpaired) electrons. The number of hydrogen-bond acceptors (Lipinski definition) is 4. The Morgan fingerprint density at radius 1 is 1.38 bits per heavy atom. The zero-order valence-electron chi connectivity index (χ0n) is 8.40. The van der Waals surface area contributed by atoms with Crippen molar-refractivity contribution < 1.29 is 14.6 Å². The second kappa shape index (κ2) is 5.54. The van der Waals surface area contributed by atoms with Crippen LogP contribution in [0.15, 0.2) is 0 Å². The fourth-order valence-electron chi connectivity index (χ4n) is 1.74. The van der Waals surface area contributed by atoms with Crippen molar-refractivity contribution in [3.63, 3.8) is 0 Å². The predicted octanol–water partition coefficient (Wildman–Crippen LogP) is -0.286. The third-order valence-electron chi connectivity index (χ3n) is 2.39. The number of aliphatic hydroxyl groups excluding tert-OH is 1. The van der Waals surface area contributed by atoms with Crippen LogP contribution in [0.1, 0.15) is 6.92 Å². The topological polar surface area (TPSA) is 41.9 Å². The third-order valence-corrected chi connectivity index (χ3v) is 2.39. The second-order valence-electron chi connectivity index (χ2n) is 3.25. The summed E-state index contributed by atoms with van der Waals surface area (Å²) in [6, 6.07) is 0. The number of rotatable bonds is 5. The van der Waals surface area contributed by atoms with Gasteiger partial charge in [0.2, 0.25) is 0 Å². The molecule has 0 aromatic rings. The standard InChI is InChI=1S/C9H19NO3/c1-3-13-9-7-10(4-5-11)6-8(9)12-2/h8-9,11H,3-7H2,1-2H3/t8-,9+/m0/s1. The van der Waals surface area contributed by atoms with E-state index >= 15 is 0 Å². The van der Waals surface area contributed by atoms with Crippen molar-refractivity contribution in [1.29, 1.82) is 0 Å². The van der Waals surface area contributed by atoms with Gasteiger partial charge in [0.05, 0.1) is 18.8 Å². The molecule has 13 heavy (non-hydrogen) atoms. The van der Waals surface area contributed by atoms with Crippen LogP contribution in [0.4, 0.5) is 0 Å². The van der Waals surface area contributed by atoms with E-state index in [0.717, 1.165) is 19.7 Å². The van der Waals surface area contributed by atoms with Crippen LogP contribution < -0.4 is 0 Å². The van der Waals surface area contributed by atoms with E-state index in [1.165, 1.54) is 0 Å². The Balaban J connectivity index is 2.36. The molecule has 0 aromatic heterocycles. The van der Waals surface area contributed by atoms with Crippen LogP contribution in [0.25, 0.3) is 0 Å². The van der Waals surface area contributed by atoms with Crippen LogP contribution in [-0.4, -0.2) is 62.2 Å². The van der Waals surface area contributed by atoms with Crippen molar-refractivity contribution in [3.8, 4) is 0 Å². The first-order valence-electron chi connectivity index (χ1n) is 4.79. The first kappa shape index (κ1) is 10.9. The van der Waals surface area contributed by atoms with Crippen LogP contribution in [0.5, 0.6) is 0 Å². The lowest BCUT2D eigenvalue weighted by molar-refractivity contribution is -0.0233. The Morgan fingerprint density at radius 3 is 2.62 bits per heavy atom. The van der Waals surface area contributed by atoms with Crippen molar-refractivity contribution in [1.82, 2.24) is 4.90 Å². The van der Waals surface area contributed by atoms with Gasteiger partial charge in [-0.25, -0.2) is 0 Å². The Labute approximate surface area is 79.4 Å². The van der Waals surface area contributed by atoms with Gasteiger partial charge < -0.3 is 14.6 Å². The van der Waals surface area contributed by atoms with Crippen molar-refractivity contribution in [3.05, 3.63) is 0 Å². The highest BCUT2D eigenvalue weighted by Crippen LogP contribution is 2.15. The molecular weight excluding hydrogens is 170 g/mol.